The van der Waals surface area contributed by atoms with Gasteiger partial charge >= 0.3 is 0 Å². The Hall–Kier alpha value is -0.900. The molecule has 56 valence electrons. The Morgan fingerprint density at radius 3 is 2.70 bits per heavy atom. The minimum Gasteiger partial charge on any atom is -0.330 e. The first-order chi connectivity index (χ1) is 4.74. The molecule has 0 spiro atoms. The zero-order chi connectivity index (χ0) is 7.56. The van der Waals surface area contributed by atoms with Crippen molar-refractivity contribution >= 4 is 0 Å². The van der Waals surface area contributed by atoms with E-state index in [0.29, 0.717) is 6.54 Å². The Balaban J connectivity index is 2.81. The average molecular weight is 140 g/mol. The summed E-state index contributed by atoms with van der Waals surface area (Å²) in [5.74, 6) is 1.77. The van der Waals surface area contributed by atoms with Crippen molar-refractivity contribution in [3.05, 3.63) is 11.6 Å². The maximum atomic E-state index is 5.36. The Morgan fingerprint density at radius 1 is 1.60 bits per heavy atom. The molecule has 0 saturated heterocycles. The van der Waals surface area contributed by atoms with Crippen LogP contribution in [0.4, 0.5) is 0 Å². The van der Waals surface area contributed by atoms with E-state index in [0.717, 1.165) is 18.1 Å². The lowest BCUT2D eigenvalue weighted by atomic mass is 10.4. The van der Waals surface area contributed by atoms with Gasteiger partial charge in [0.2, 0.25) is 0 Å². The third-order valence-electron chi connectivity index (χ3n) is 1.33. The number of aromatic nitrogens is 3. The van der Waals surface area contributed by atoms with Gasteiger partial charge in [-0.2, -0.15) is 5.10 Å². The van der Waals surface area contributed by atoms with Crippen LogP contribution in [0.1, 0.15) is 11.6 Å². The number of hydrogen-bond acceptors (Lipinski definition) is 3. The Kier molecular flexibility index (Phi) is 2.01. The van der Waals surface area contributed by atoms with Crippen LogP contribution in [0.3, 0.4) is 0 Å². The molecule has 0 fully saturated rings. The topological polar surface area (TPSA) is 56.7 Å². The van der Waals surface area contributed by atoms with Crippen LogP contribution in [0.2, 0.25) is 0 Å². The SMILES string of the molecule is Cc1nc(CCN)n(C)n1. The van der Waals surface area contributed by atoms with Crippen molar-refractivity contribution in [3.8, 4) is 0 Å². The number of nitrogens with zero attached hydrogens (tertiary/aromatic N) is 3. The number of nitrogens with two attached hydrogens (primary N) is 1. The molecule has 1 aromatic rings. The lowest BCUT2D eigenvalue weighted by molar-refractivity contribution is 0.693. The molecule has 10 heavy (non-hydrogen) atoms. The zero-order valence-corrected chi connectivity index (χ0v) is 6.33. The molecule has 4 heteroatoms. The average Bonchev–Trinajstić information content (AvgIpc) is 2.13. The molecule has 1 heterocycles. The lowest BCUT2D eigenvalue weighted by Gasteiger charge is -1.93. The number of aryl methyl sites for hydroxylation is 2. The summed E-state index contributed by atoms with van der Waals surface area (Å²) in [6.07, 6.45) is 0.803. The summed E-state index contributed by atoms with van der Waals surface area (Å²) in [6.45, 7) is 2.51. The summed E-state index contributed by atoms with van der Waals surface area (Å²) in [5.41, 5.74) is 5.36. The second-order valence-corrected chi connectivity index (χ2v) is 2.24. The highest BCUT2D eigenvalue weighted by atomic mass is 15.3. The predicted octanol–water partition coefficient (Wildman–Crippen LogP) is -0.375. The van der Waals surface area contributed by atoms with Crippen LogP contribution in [0.5, 0.6) is 0 Å². The van der Waals surface area contributed by atoms with Gasteiger partial charge in [-0.15, -0.1) is 0 Å². The van der Waals surface area contributed by atoms with Crippen LogP contribution >= 0.6 is 0 Å². The lowest BCUT2D eigenvalue weighted by Crippen LogP contribution is -2.08. The smallest absolute Gasteiger partial charge is 0.147 e. The second kappa shape index (κ2) is 2.79. The summed E-state index contributed by atoms with van der Waals surface area (Å²) in [4.78, 5) is 4.17. The molecule has 0 radical (unpaired) electrons. The maximum Gasteiger partial charge on any atom is 0.147 e. The highest BCUT2D eigenvalue weighted by Gasteiger charge is 2.00. The van der Waals surface area contributed by atoms with E-state index < -0.39 is 0 Å². The Bertz CT molecular complexity index is 216. The standard InChI is InChI=1S/C6H12N4/c1-5-8-6(3-4-7)10(2)9-5/h3-4,7H2,1-2H3. The molecule has 0 unspecified atom stereocenters. The van der Waals surface area contributed by atoms with Gasteiger partial charge in [0.05, 0.1) is 0 Å². The second-order valence-electron chi connectivity index (χ2n) is 2.24. The van der Waals surface area contributed by atoms with Gasteiger partial charge in [0.25, 0.3) is 0 Å². The summed E-state index contributed by atoms with van der Waals surface area (Å²) < 4.78 is 1.77. The molecule has 0 amide bonds. The van der Waals surface area contributed by atoms with Crippen molar-refractivity contribution in [2.45, 2.75) is 13.3 Å². The van der Waals surface area contributed by atoms with E-state index in [1.165, 1.54) is 0 Å². The van der Waals surface area contributed by atoms with Gasteiger partial charge in [0.1, 0.15) is 11.6 Å². The van der Waals surface area contributed by atoms with E-state index in [2.05, 4.69) is 10.1 Å². The third kappa shape index (κ3) is 1.33. The van der Waals surface area contributed by atoms with Gasteiger partial charge in [-0.1, -0.05) is 0 Å². The van der Waals surface area contributed by atoms with Gasteiger partial charge in [0, 0.05) is 13.5 Å². The predicted molar refractivity (Wildman–Crippen MR) is 38.5 cm³/mol. The van der Waals surface area contributed by atoms with Gasteiger partial charge in [-0.3, -0.25) is 4.68 Å². The minimum atomic E-state index is 0.631. The Morgan fingerprint density at radius 2 is 2.30 bits per heavy atom. The zero-order valence-electron chi connectivity index (χ0n) is 6.33. The van der Waals surface area contributed by atoms with Crippen molar-refractivity contribution in [2.75, 3.05) is 6.54 Å². The fourth-order valence-electron chi connectivity index (χ4n) is 0.903. The van der Waals surface area contributed by atoms with Crippen LogP contribution in [0.15, 0.2) is 0 Å². The van der Waals surface area contributed by atoms with Crippen molar-refractivity contribution in [3.63, 3.8) is 0 Å². The van der Waals surface area contributed by atoms with Gasteiger partial charge in [-0.05, 0) is 13.5 Å². The molecule has 0 aliphatic heterocycles. The molecule has 1 aromatic heterocycles. The molecule has 2 N–H and O–H groups in total. The van der Waals surface area contributed by atoms with Crippen molar-refractivity contribution in [1.82, 2.24) is 14.8 Å². The molecular formula is C6H12N4. The highest BCUT2D eigenvalue weighted by Crippen LogP contribution is 1.94. The first-order valence-corrected chi connectivity index (χ1v) is 3.30. The molecular weight excluding hydrogens is 128 g/mol. The van der Waals surface area contributed by atoms with Crippen molar-refractivity contribution in [2.24, 2.45) is 12.8 Å². The largest absolute Gasteiger partial charge is 0.330 e. The normalized spacial score (nSPS) is 10.3. The van der Waals surface area contributed by atoms with Crippen LogP contribution in [-0.2, 0) is 13.5 Å². The fraction of sp³-hybridized carbons (Fsp3) is 0.667. The van der Waals surface area contributed by atoms with E-state index in [1.54, 1.807) is 4.68 Å². The highest BCUT2D eigenvalue weighted by molar-refractivity contribution is 4.90. The molecule has 4 nitrogen and oxygen atoms in total. The van der Waals surface area contributed by atoms with Crippen molar-refractivity contribution < 1.29 is 0 Å². The molecule has 0 aliphatic rings. The summed E-state index contributed by atoms with van der Waals surface area (Å²) in [7, 11) is 1.88. The quantitative estimate of drug-likeness (QED) is 0.609. The van der Waals surface area contributed by atoms with E-state index in [4.69, 9.17) is 5.73 Å². The molecule has 0 bridgehead atoms. The van der Waals surface area contributed by atoms with E-state index in [9.17, 15) is 0 Å². The molecule has 0 aliphatic carbocycles. The van der Waals surface area contributed by atoms with Crippen LogP contribution in [0, 0.1) is 6.92 Å². The van der Waals surface area contributed by atoms with Gasteiger partial charge in [0.15, 0.2) is 0 Å². The van der Waals surface area contributed by atoms with E-state index in [-0.39, 0.29) is 0 Å². The minimum absolute atomic E-state index is 0.631. The molecule has 1 rings (SSSR count). The van der Waals surface area contributed by atoms with E-state index in [1.807, 2.05) is 14.0 Å². The molecule has 0 aromatic carbocycles. The fourth-order valence-corrected chi connectivity index (χ4v) is 0.903. The summed E-state index contributed by atoms with van der Waals surface area (Å²) >= 11 is 0. The summed E-state index contributed by atoms with van der Waals surface area (Å²) in [6, 6.07) is 0. The molecule has 0 atom stereocenters. The monoisotopic (exact) mass is 140 g/mol. The third-order valence-corrected chi connectivity index (χ3v) is 1.33. The van der Waals surface area contributed by atoms with Gasteiger partial charge < -0.3 is 5.73 Å². The van der Waals surface area contributed by atoms with Crippen molar-refractivity contribution in [1.29, 1.82) is 0 Å². The van der Waals surface area contributed by atoms with Crippen LogP contribution in [-0.4, -0.2) is 21.3 Å². The van der Waals surface area contributed by atoms with E-state index >= 15 is 0 Å². The van der Waals surface area contributed by atoms with Gasteiger partial charge in [-0.25, -0.2) is 4.98 Å². The first-order valence-electron chi connectivity index (χ1n) is 3.30. The first kappa shape index (κ1) is 7.21. The Labute approximate surface area is 60.1 Å². The summed E-state index contributed by atoms with van der Waals surface area (Å²) in [5, 5.41) is 4.08. The molecule has 0 saturated carbocycles. The van der Waals surface area contributed by atoms with Crippen LogP contribution in [0.25, 0.3) is 0 Å². The van der Waals surface area contributed by atoms with Crippen LogP contribution < -0.4 is 5.73 Å². The number of hydrogen-bond donors (Lipinski definition) is 1. The number of rotatable bonds is 2. The maximum absolute atomic E-state index is 5.36.